The zero-order valence-corrected chi connectivity index (χ0v) is 17.6. The van der Waals surface area contributed by atoms with Crippen LogP contribution in [0.5, 0.6) is 0 Å². The Morgan fingerprint density at radius 2 is 1.97 bits per heavy atom. The molecule has 1 aromatic carbocycles. The topological polar surface area (TPSA) is 98.3 Å². The molecule has 2 amide bonds. The molecule has 1 aliphatic heterocycles. The summed E-state index contributed by atoms with van der Waals surface area (Å²) in [5.41, 5.74) is 4.09. The molecule has 0 saturated carbocycles. The first-order valence-corrected chi connectivity index (χ1v) is 10.2. The molecule has 9 heteroatoms. The van der Waals surface area contributed by atoms with E-state index in [1.54, 1.807) is 24.5 Å². The second-order valence-electron chi connectivity index (χ2n) is 7.07. The van der Waals surface area contributed by atoms with E-state index in [9.17, 15) is 19.7 Å². The molecule has 1 saturated heterocycles. The van der Waals surface area contributed by atoms with Gasteiger partial charge in [0, 0.05) is 29.7 Å². The molecule has 0 unspecified atom stereocenters. The number of hydrogen-bond acceptors (Lipinski definition) is 6. The van der Waals surface area contributed by atoms with E-state index < -0.39 is 16.1 Å². The second-order valence-corrected chi connectivity index (χ2v) is 8.06. The molecule has 3 aromatic rings. The summed E-state index contributed by atoms with van der Waals surface area (Å²) in [5.74, 6) is -0.410. The molecule has 0 atom stereocenters. The molecule has 1 aliphatic rings. The van der Waals surface area contributed by atoms with Gasteiger partial charge in [0.1, 0.15) is 0 Å². The summed E-state index contributed by atoms with van der Waals surface area (Å²) in [6.45, 7) is 3.89. The van der Waals surface area contributed by atoms with Crippen molar-refractivity contribution in [2.24, 2.45) is 0 Å². The SMILES string of the molecule is Cc1cc(C=C2SC(=O)N(Cc3cccc([N+](=O)[O-])c3)C2=O)c(C)n1-c1cccnc1. The van der Waals surface area contributed by atoms with Crippen molar-refractivity contribution in [1.82, 2.24) is 14.5 Å². The van der Waals surface area contributed by atoms with E-state index in [4.69, 9.17) is 0 Å². The molecule has 0 aliphatic carbocycles. The predicted molar refractivity (Wildman–Crippen MR) is 118 cm³/mol. The average Bonchev–Trinajstić information content (AvgIpc) is 3.18. The third-order valence-electron chi connectivity index (χ3n) is 5.00. The number of aryl methyl sites for hydroxylation is 1. The van der Waals surface area contributed by atoms with Crippen molar-refractivity contribution in [3.63, 3.8) is 0 Å². The fraction of sp³-hybridized carbons (Fsp3) is 0.136. The second kappa shape index (κ2) is 8.19. The average molecular weight is 434 g/mol. The summed E-state index contributed by atoms with van der Waals surface area (Å²) in [4.78, 5) is 41.4. The molecular formula is C22H18N4O4S. The van der Waals surface area contributed by atoms with Crippen LogP contribution in [0.15, 0.2) is 59.8 Å². The number of non-ortho nitro benzene ring substituents is 1. The summed E-state index contributed by atoms with van der Waals surface area (Å²) in [5, 5.41) is 10.6. The first-order chi connectivity index (χ1) is 14.8. The number of amides is 2. The molecule has 31 heavy (non-hydrogen) atoms. The Morgan fingerprint density at radius 3 is 2.68 bits per heavy atom. The van der Waals surface area contributed by atoms with Gasteiger partial charge in [-0.05, 0) is 61.0 Å². The van der Waals surface area contributed by atoms with E-state index in [0.717, 1.165) is 39.3 Å². The van der Waals surface area contributed by atoms with E-state index in [0.29, 0.717) is 10.5 Å². The van der Waals surface area contributed by atoms with Crippen LogP contribution in [0, 0.1) is 24.0 Å². The third kappa shape index (κ3) is 3.99. The van der Waals surface area contributed by atoms with Crippen molar-refractivity contribution >= 4 is 34.7 Å². The standard InChI is InChI=1S/C22H18N4O4S/c1-14-9-17(15(2)25(14)19-7-4-8-23-12-19)11-20-21(27)24(22(28)31-20)13-16-5-3-6-18(10-16)26(29)30/h3-12H,13H2,1-2H3. The first-order valence-electron chi connectivity index (χ1n) is 9.43. The summed E-state index contributed by atoms with van der Waals surface area (Å²) >= 11 is 0.869. The van der Waals surface area contributed by atoms with Gasteiger partial charge in [0.2, 0.25) is 0 Å². The van der Waals surface area contributed by atoms with Crippen molar-refractivity contribution < 1.29 is 14.5 Å². The molecule has 1 fully saturated rings. The number of thioether (sulfide) groups is 1. The highest BCUT2D eigenvalue weighted by Crippen LogP contribution is 2.35. The molecule has 0 radical (unpaired) electrons. The van der Waals surface area contributed by atoms with Gasteiger partial charge in [0.05, 0.1) is 28.3 Å². The summed E-state index contributed by atoms with van der Waals surface area (Å²) < 4.78 is 2.03. The summed E-state index contributed by atoms with van der Waals surface area (Å²) in [6, 6.07) is 11.7. The maximum atomic E-state index is 12.9. The Balaban J connectivity index is 1.61. The Bertz CT molecular complexity index is 1230. The van der Waals surface area contributed by atoms with Gasteiger partial charge in [-0.2, -0.15) is 0 Å². The molecule has 4 rings (SSSR count). The number of nitro groups is 1. The van der Waals surface area contributed by atoms with Gasteiger partial charge >= 0.3 is 0 Å². The fourth-order valence-corrected chi connectivity index (χ4v) is 4.37. The molecule has 2 aromatic heterocycles. The molecule has 3 heterocycles. The van der Waals surface area contributed by atoms with Gasteiger partial charge in [-0.15, -0.1) is 0 Å². The number of imide groups is 1. The van der Waals surface area contributed by atoms with Crippen LogP contribution >= 0.6 is 11.8 Å². The minimum absolute atomic E-state index is 0.0155. The number of carbonyl (C=O) groups excluding carboxylic acids is 2. The van der Waals surface area contributed by atoms with Crippen molar-refractivity contribution in [3.05, 3.63) is 92.4 Å². The van der Waals surface area contributed by atoms with Gasteiger partial charge in [0.25, 0.3) is 16.8 Å². The maximum Gasteiger partial charge on any atom is 0.293 e. The van der Waals surface area contributed by atoms with Crippen molar-refractivity contribution in [2.45, 2.75) is 20.4 Å². The number of pyridine rings is 1. The summed E-state index contributed by atoms with van der Waals surface area (Å²) in [6.07, 6.45) is 5.18. The minimum Gasteiger partial charge on any atom is -0.316 e. The number of rotatable bonds is 5. The zero-order valence-electron chi connectivity index (χ0n) is 16.8. The van der Waals surface area contributed by atoms with E-state index in [-0.39, 0.29) is 12.2 Å². The Morgan fingerprint density at radius 1 is 1.16 bits per heavy atom. The quantitative estimate of drug-likeness (QED) is 0.330. The number of nitrogens with zero attached hydrogens (tertiary/aromatic N) is 4. The van der Waals surface area contributed by atoms with E-state index in [1.165, 1.54) is 18.2 Å². The van der Waals surface area contributed by atoms with Crippen LogP contribution in [-0.2, 0) is 11.3 Å². The Kier molecular flexibility index (Phi) is 5.43. The smallest absolute Gasteiger partial charge is 0.293 e. The number of nitro benzene ring substituents is 1. The largest absolute Gasteiger partial charge is 0.316 e. The number of hydrogen-bond donors (Lipinski definition) is 0. The van der Waals surface area contributed by atoms with Crippen LogP contribution in [-0.4, -0.2) is 30.5 Å². The molecular weight excluding hydrogens is 416 g/mol. The minimum atomic E-state index is -0.505. The highest BCUT2D eigenvalue weighted by molar-refractivity contribution is 8.18. The highest BCUT2D eigenvalue weighted by Gasteiger charge is 2.35. The van der Waals surface area contributed by atoms with Crippen LogP contribution in [0.3, 0.4) is 0 Å². The monoisotopic (exact) mass is 434 g/mol. The lowest BCUT2D eigenvalue weighted by molar-refractivity contribution is -0.384. The third-order valence-corrected chi connectivity index (χ3v) is 5.90. The maximum absolute atomic E-state index is 12.9. The van der Waals surface area contributed by atoms with Crippen LogP contribution in [0.2, 0.25) is 0 Å². The van der Waals surface area contributed by atoms with E-state index in [2.05, 4.69) is 4.98 Å². The highest BCUT2D eigenvalue weighted by atomic mass is 32.2. The van der Waals surface area contributed by atoms with Gasteiger partial charge in [0.15, 0.2) is 0 Å². The van der Waals surface area contributed by atoms with E-state index in [1.807, 2.05) is 36.6 Å². The van der Waals surface area contributed by atoms with Crippen LogP contribution in [0.1, 0.15) is 22.5 Å². The number of benzene rings is 1. The van der Waals surface area contributed by atoms with Crippen LogP contribution in [0.25, 0.3) is 11.8 Å². The molecule has 0 bridgehead atoms. The lowest BCUT2D eigenvalue weighted by Crippen LogP contribution is -2.27. The lowest BCUT2D eigenvalue weighted by Gasteiger charge is -2.12. The van der Waals surface area contributed by atoms with Crippen molar-refractivity contribution in [3.8, 4) is 5.69 Å². The van der Waals surface area contributed by atoms with Crippen molar-refractivity contribution in [1.29, 1.82) is 0 Å². The van der Waals surface area contributed by atoms with Gasteiger partial charge in [-0.25, -0.2) is 0 Å². The first kappa shape index (κ1) is 20.5. The van der Waals surface area contributed by atoms with Crippen molar-refractivity contribution in [2.75, 3.05) is 0 Å². The number of carbonyl (C=O) groups is 2. The normalized spacial score (nSPS) is 15.2. The van der Waals surface area contributed by atoms with Gasteiger partial charge < -0.3 is 4.57 Å². The fourth-order valence-electron chi connectivity index (χ4n) is 3.55. The predicted octanol–water partition coefficient (Wildman–Crippen LogP) is 4.63. The number of aromatic nitrogens is 2. The zero-order chi connectivity index (χ0) is 22.1. The lowest BCUT2D eigenvalue weighted by atomic mass is 10.2. The van der Waals surface area contributed by atoms with Gasteiger partial charge in [-0.1, -0.05) is 12.1 Å². The van der Waals surface area contributed by atoms with Crippen LogP contribution < -0.4 is 0 Å². The Labute approximate surface area is 182 Å². The molecule has 0 spiro atoms. The van der Waals surface area contributed by atoms with E-state index >= 15 is 0 Å². The molecule has 156 valence electrons. The Hall–Kier alpha value is -3.72. The molecule has 8 nitrogen and oxygen atoms in total. The summed E-state index contributed by atoms with van der Waals surface area (Å²) in [7, 11) is 0. The van der Waals surface area contributed by atoms with Gasteiger partial charge in [-0.3, -0.25) is 29.6 Å². The van der Waals surface area contributed by atoms with Crippen LogP contribution in [0.4, 0.5) is 10.5 Å². The molecule has 0 N–H and O–H groups in total.